The Balaban J connectivity index is 2.23. The van der Waals surface area contributed by atoms with E-state index in [9.17, 15) is 0 Å². The fraction of sp³-hybridized carbons (Fsp3) is 0.833. The van der Waals surface area contributed by atoms with E-state index in [1.54, 1.807) is 0 Å². The molecule has 1 fully saturated rings. The van der Waals surface area contributed by atoms with Gasteiger partial charge in [-0.3, -0.25) is 0 Å². The monoisotopic (exact) mass is 259 g/mol. The van der Waals surface area contributed by atoms with Crippen LogP contribution in [0, 0.1) is 5.92 Å². The molecule has 82 valence electrons. The summed E-state index contributed by atoms with van der Waals surface area (Å²) in [4.78, 5) is 0. The number of halogens is 1. The van der Waals surface area contributed by atoms with Crippen LogP contribution >= 0.6 is 15.9 Å². The van der Waals surface area contributed by atoms with Crippen LogP contribution in [0.2, 0.25) is 0 Å². The minimum atomic E-state index is 0.723. The highest BCUT2D eigenvalue weighted by Crippen LogP contribution is 2.25. The van der Waals surface area contributed by atoms with Gasteiger partial charge in [-0.2, -0.15) is 0 Å². The molecular formula is C12H22BrN. The molecule has 1 aliphatic carbocycles. The zero-order valence-corrected chi connectivity index (χ0v) is 10.8. The van der Waals surface area contributed by atoms with Crippen molar-refractivity contribution >= 4 is 15.9 Å². The fourth-order valence-electron chi connectivity index (χ4n) is 2.25. The fourth-order valence-corrected chi connectivity index (χ4v) is 2.41. The minimum Gasteiger partial charge on any atom is -0.309 e. The lowest BCUT2D eigenvalue weighted by molar-refractivity contribution is 0.432. The van der Waals surface area contributed by atoms with Crippen LogP contribution in [0.15, 0.2) is 11.1 Å². The van der Waals surface area contributed by atoms with Crippen LogP contribution in [0.1, 0.15) is 45.4 Å². The molecule has 0 aliphatic heterocycles. The van der Waals surface area contributed by atoms with Crippen molar-refractivity contribution in [3.05, 3.63) is 11.1 Å². The van der Waals surface area contributed by atoms with Gasteiger partial charge in [0.05, 0.1) is 0 Å². The van der Waals surface area contributed by atoms with Gasteiger partial charge in [-0.25, -0.2) is 0 Å². The highest BCUT2D eigenvalue weighted by molar-refractivity contribution is 9.11. The molecule has 0 amide bonds. The molecule has 0 spiro atoms. The quantitative estimate of drug-likeness (QED) is 0.757. The molecule has 0 aromatic carbocycles. The van der Waals surface area contributed by atoms with Crippen molar-refractivity contribution in [2.75, 3.05) is 6.54 Å². The Bertz CT molecular complexity index is 179. The maximum atomic E-state index is 3.85. The Morgan fingerprint density at radius 2 is 2.14 bits per heavy atom. The van der Waals surface area contributed by atoms with Gasteiger partial charge in [0, 0.05) is 17.1 Å². The van der Waals surface area contributed by atoms with E-state index >= 15 is 0 Å². The summed E-state index contributed by atoms with van der Waals surface area (Å²) in [6.45, 7) is 7.08. The molecule has 0 heterocycles. The third kappa shape index (κ3) is 4.61. The normalized spacial score (nSPS) is 28.4. The molecule has 2 unspecified atom stereocenters. The second-order valence-corrected chi connectivity index (χ2v) is 5.50. The summed E-state index contributed by atoms with van der Waals surface area (Å²) in [6, 6.07) is 0.723. The van der Waals surface area contributed by atoms with E-state index in [2.05, 4.69) is 34.7 Å². The molecule has 1 N–H and O–H groups in total. The van der Waals surface area contributed by atoms with E-state index in [1.807, 2.05) is 0 Å². The van der Waals surface area contributed by atoms with Gasteiger partial charge >= 0.3 is 0 Å². The van der Waals surface area contributed by atoms with E-state index in [1.165, 1.54) is 38.5 Å². The molecular weight excluding hydrogens is 238 g/mol. The first kappa shape index (κ1) is 12.3. The largest absolute Gasteiger partial charge is 0.309 e. The third-order valence-corrected chi connectivity index (χ3v) is 3.53. The molecule has 2 heteroatoms. The Hall–Kier alpha value is 0.180. The van der Waals surface area contributed by atoms with E-state index in [-0.39, 0.29) is 0 Å². The van der Waals surface area contributed by atoms with Crippen LogP contribution < -0.4 is 5.32 Å². The van der Waals surface area contributed by atoms with Gasteiger partial charge in [0.25, 0.3) is 0 Å². The molecule has 14 heavy (non-hydrogen) atoms. The predicted molar refractivity (Wildman–Crippen MR) is 66.7 cm³/mol. The Kier molecular flexibility index (Phi) is 5.80. The average Bonchev–Trinajstić information content (AvgIpc) is 2.39. The number of rotatable bonds is 4. The van der Waals surface area contributed by atoms with Crippen LogP contribution in [0.25, 0.3) is 0 Å². The summed E-state index contributed by atoms with van der Waals surface area (Å²) < 4.78 is 1.06. The minimum absolute atomic E-state index is 0.723. The van der Waals surface area contributed by atoms with Gasteiger partial charge < -0.3 is 5.32 Å². The second-order valence-electron chi connectivity index (χ2n) is 4.38. The van der Waals surface area contributed by atoms with Crippen molar-refractivity contribution in [1.29, 1.82) is 0 Å². The maximum Gasteiger partial charge on any atom is 0.0268 e. The first-order valence-electron chi connectivity index (χ1n) is 5.79. The third-order valence-electron chi connectivity index (χ3n) is 3.25. The van der Waals surface area contributed by atoms with Gasteiger partial charge in [-0.15, -0.1) is 0 Å². The standard InChI is InChI=1S/C12H22BrN/c1-3-11-5-4-6-12(8-7-11)14-9-10(2)13/h11-12,14H,2-9H2,1H3. The molecule has 1 rings (SSSR count). The molecule has 1 aliphatic rings. The summed E-state index contributed by atoms with van der Waals surface area (Å²) in [5.41, 5.74) is 0. The van der Waals surface area contributed by atoms with Gasteiger partial charge in [0.1, 0.15) is 0 Å². The highest BCUT2D eigenvalue weighted by atomic mass is 79.9. The molecule has 0 saturated heterocycles. The molecule has 0 aromatic rings. The summed E-state index contributed by atoms with van der Waals surface area (Å²) in [5, 5.41) is 3.56. The molecule has 0 aromatic heterocycles. The SMILES string of the molecule is C=C(Br)CNC1CCCC(CC)CC1. The van der Waals surface area contributed by atoms with Crippen LogP contribution in [0.4, 0.5) is 0 Å². The number of hydrogen-bond acceptors (Lipinski definition) is 1. The summed E-state index contributed by atoms with van der Waals surface area (Å²) >= 11 is 3.39. The number of nitrogens with one attached hydrogen (secondary N) is 1. The van der Waals surface area contributed by atoms with Gasteiger partial charge in [-0.1, -0.05) is 48.7 Å². The van der Waals surface area contributed by atoms with E-state index in [4.69, 9.17) is 0 Å². The molecule has 0 bridgehead atoms. The van der Waals surface area contributed by atoms with Crippen molar-refractivity contribution in [3.8, 4) is 0 Å². The lowest BCUT2D eigenvalue weighted by Gasteiger charge is -2.16. The zero-order chi connectivity index (χ0) is 10.4. The summed E-state index contributed by atoms with van der Waals surface area (Å²) in [5.74, 6) is 0.981. The van der Waals surface area contributed by atoms with Crippen molar-refractivity contribution in [1.82, 2.24) is 5.32 Å². The van der Waals surface area contributed by atoms with Crippen molar-refractivity contribution in [2.45, 2.75) is 51.5 Å². The van der Waals surface area contributed by atoms with Crippen LogP contribution in [-0.4, -0.2) is 12.6 Å². The summed E-state index contributed by atoms with van der Waals surface area (Å²) in [7, 11) is 0. The smallest absolute Gasteiger partial charge is 0.0268 e. The maximum absolute atomic E-state index is 3.85. The van der Waals surface area contributed by atoms with Crippen LogP contribution in [0.3, 0.4) is 0 Å². The Labute approximate surface area is 96.5 Å². The predicted octanol–water partition coefficient (Wildman–Crippen LogP) is 3.84. The van der Waals surface area contributed by atoms with E-state index < -0.39 is 0 Å². The van der Waals surface area contributed by atoms with Crippen molar-refractivity contribution in [3.63, 3.8) is 0 Å². The first-order chi connectivity index (χ1) is 6.72. The first-order valence-corrected chi connectivity index (χ1v) is 6.58. The highest BCUT2D eigenvalue weighted by Gasteiger charge is 2.16. The second kappa shape index (κ2) is 6.62. The Morgan fingerprint density at radius 1 is 1.36 bits per heavy atom. The molecule has 1 nitrogen and oxygen atoms in total. The molecule has 0 radical (unpaired) electrons. The van der Waals surface area contributed by atoms with Crippen LogP contribution in [0.5, 0.6) is 0 Å². The van der Waals surface area contributed by atoms with Crippen molar-refractivity contribution < 1.29 is 0 Å². The average molecular weight is 260 g/mol. The molecule has 1 saturated carbocycles. The van der Waals surface area contributed by atoms with E-state index in [0.29, 0.717) is 0 Å². The zero-order valence-electron chi connectivity index (χ0n) is 9.19. The van der Waals surface area contributed by atoms with Crippen LogP contribution in [-0.2, 0) is 0 Å². The van der Waals surface area contributed by atoms with Crippen molar-refractivity contribution in [2.24, 2.45) is 5.92 Å². The van der Waals surface area contributed by atoms with E-state index in [0.717, 1.165) is 23.0 Å². The number of hydrogen-bond donors (Lipinski definition) is 1. The summed E-state index contributed by atoms with van der Waals surface area (Å²) in [6.07, 6.45) is 8.28. The van der Waals surface area contributed by atoms with Gasteiger partial charge in [0.15, 0.2) is 0 Å². The molecule has 2 atom stereocenters. The topological polar surface area (TPSA) is 12.0 Å². The lowest BCUT2D eigenvalue weighted by atomic mass is 9.98. The van der Waals surface area contributed by atoms with Gasteiger partial charge in [0.2, 0.25) is 0 Å². The Morgan fingerprint density at radius 3 is 2.79 bits per heavy atom. The van der Waals surface area contributed by atoms with Gasteiger partial charge in [-0.05, 0) is 25.2 Å². The lowest BCUT2D eigenvalue weighted by Crippen LogP contribution is -2.29.